The molecule has 2 amide bonds. The van der Waals surface area contributed by atoms with Gasteiger partial charge in [0.15, 0.2) is 0 Å². The Bertz CT molecular complexity index is 1110. The topological polar surface area (TPSA) is 98.7 Å². The zero-order valence-corrected chi connectivity index (χ0v) is 21.5. The summed E-state index contributed by atoms with van der Waals surface area (Å²) in [7, 11) is 0. The molecule has 6 heteroatoms. The minimum absolute atomic E-state index is 0.0493. The van der Waals surface area contributed by atoms with Gasteiger partial charge >= 0.3 is 0 Å². The molecule has 0 saturated carbocycles. The molecule has 190 valence electrons. The second kappa shape index (κ2) is 12.2. The molecular weight excluding hydrogens is 452 g/mol. The summed E-state index contributed by atoms with van der Waals surface area (Å²) in [6.45, 7) is 8.43. The van der Waals surface area contributed by atoms with Crippen molar-refractivity contribution in [3.8, 4) is 11.5 Å². The van der Waals surface area contributed by atoms with Crippen molar-refractivity contribution in [3.05, 3.63) is 82.9 Å². The highest BCUT2D eigenvalue weighted by atomic mass is 16.3. The number of phenols is 2. The fraction of sp³-hybridized carbons (Fsp3) is 0.333. The number of aromatic hydroxyl groups is 2. The lowest BCUT2D eigenvalue weighted by molar-refractivity contribution is 0.101. The Morgan fingerprint density at radius 2 is 1.03 bits per heavy atom. The molecule has 0 radical (unpaired) electrons. The molecule has 2 unspecified atom stereocenters. The fourth-order valence-electron chi connectivity index (χ4n) is 4.33. The van der Waals surface area contributed by atoms with Crippen molar-refractivity contribution in [1.82, 2.24) is 0 Å². The Labute approximate surface area is 213 Å². The van der Waals surface area contributed by atoms with Crippen LogP contribution in [0.15, 0.2) is 60.7 Å². The van der Waals surface area contributed by atoms with E-state index in [1.54, 1.807) is 48.5 Å². The van der Waals surface area contributed by atoms with Crippen LogP contribution in [0.4, 0.5) is 11.4 Å². The van der Waals surface area contributed by atoms with Gasteiger partial charge in [-0.3, -0.25) is 9.59 Å². The lowest BCUT2D eigenvalue weighted by Gasteiger charge is -2.14. The summed E-state index contributed by atoms with van der Waals surface area (Å²) in [5, 5.41) is 26.3. The monoisotopic (exact) mass is 488 g/mol. The highest BCUT2D eigenvalue weighted by Crippen LogP contribution is 2.29. The molecule has 3 rings (SSSR count). The van der Waals surface area contributed by atoms with Gasteiger partial charge in [0.25, 0.3) is 11.8 Å². The van der Waals surface area contributed by atoms with E-state index in [2.05, 4.69) is 38.3 Å². The van der Waals surface area contributed by atoms with E-state index >= 15 is 0 Å². The Kier molecular flexibility index (Phi) is 9.12. The molecule has 3 aromatic rings. The van der Waals surface area contributed by atoms with Crippen LogP contribution in [-0.2, 0) is 0 Å². The van der Waals surface area contributed by atoms with E-state index in [1.165, 1.54) is 0 Å². The van der Waals surface area contributed by atoms with Crippen molar-refractivity contribution in [3.63, 3.8) is 0 Å². The fourth-order valence-corrected chi connectivity index (χ4v) is 4.33. The third-order valence-electron chi connectivity index (χ3n) is 6.51. The van der Waals surface area contributed by atoms with E-state index in [9.17, 15) is 19.8 Å². The molecule has 3 aromatic carbocycles. The number of carbonyl (C=O) groups excluding carboxylic acids is 2. The summed E-state index contributed by atoms with van der Waals surface area (Å²) in [6.07, 6.45) is 4.12. The quantitative estimate of drug-likeness (QED) is 0.239. The van der Waals surface area contributed by atoms with Crippen LogP contribution in [0, 0.1) is 0 Å². The lowest BCUT2D eigenvalue weighted by atomic mass is 9.95. The first-order valence-corrected chi connectivity index (χ1v) is 12.6. The van der Waals surface area contributed by atoms with Crippen molar-refractivity contribution in [2.24, 2.45) is 0 Å². The summed E-state index contributed by atoms with van der Waals surface area (Å²) in [6, 6.07) is 17.0. The van der Waals surface area contributed by atoms with Crippen LogP contribution < -0.4 is 10.6 Å². The van der Waals surface area contributed by atoms with Crippen LogP contribution in [0.3, 0.4) is 0 Å². The molecule has 0 bridgehead atoms. The third kappa shape index (κ3) is 6.66. The minimum Gasteiger partial charge on any atom is -0.507 e. The molecule has 6 nitrogen and oxygen atoms in total. The van der Waals surface area contributed by atoms with Crippen molar-refractivity contribution >= 4 is 23.2 Å². The normalized spacial score (nSPS) is 12.6. The summed E-state index contributed by atoms with van der Waals surface area (Å²) in [5.74, 6) is -0.309. The van der Waals surface area contributed by atoms with Gasteiger partial charge in [0.1, 0.15) is 11.5 Å². The van der Waals surface area contributed by atoms with Crippen LogP contribution in [-0.4, -0.2) is 22.0 Å². The van der Waals surface area contributed by atoms with E-state index < -0.39 is 11.8 Å². The molecule has 0 aromatic heterocycles. The van der Waals surface area contributed by atoms with E-state index in [4.69, 9.17) is 0 Å². The molecule has 4 N–H and O–H groups in total. The first-order chi connectivity index (χ1) is 17.2. The maximum atomic E-state index is 12.7. The Morgan fingerprint density at radius 3 is 1.33 bits per heavy atom. The Balaban J connectivity index is 1.63. The van der Waals surface area contributed by atoms with Crippen molar-refractivity contribution < 1.29 is 19.8 Å². The largest absolute Gasteiger partial charge is 0.507 e. The molecule has 36 heavy (non-hydrogen) atoms. The molecule has 0 aliphatic rings. The zero-order chi connectivity index (χ0) is 26.2. The third-order valence-corrected chi connectivity index (χ3v) is 6.51. The summed E-state index contributed by atoms with van der Waals surface area (Å²) in [4.78, 5) is 25.3. The highest BCUT2D eigenvalue weighted by molar-refractivity contribution is 6.07. The predicted molar refractivity (Wildman–Crippen MR) is 145 cm³/mol. The number of hydrogen-bond acceptors (Lipinski definition) is 4. The Hall–Kier alpha value is -3.80. The number of nitrogens with one attached hydrogen (secondary N) is 2. The van der Waals surface area contributed by atoms with Crippen LogP contribution in [0.2, 0.25) is 0 Å². The predicted octanol–water partition coefficient (Wildman–Crippen LogP) is 7.41. The Morgan fingerprint density at radius 1 is 0.667 bits per heavy atom. The van der Waals surface area contributed by atoms with Crippen LogP contribution in [0.5, 0.6) is 11.5 Å². The van der Waals surface area contributed by atoms with Gasteiger partial charge in [-0.15, -0.1) is 0 Å². The molecule has 0 aliphatic heterocycles. The van der Waals surface area contributed by atoms with Crippen molar-refractivity contribution in [1.29, 1.82) is 0 Å². The van der Waals surface area contributed by atoms with Gasteiger partial charge in [0, 0.05) is 11.4 Å². The molecular formula is C30H36N2O4. The lowest BCUT2D eigenvalue weighted by Crippen LogP contribution is -2.14. The number of anilines is 2. The molecule has 0 spiro atoms. The number of phenolic OH excluding ortho intramolecular Hbond substituents is 2. The first kappa shape index (κ1) is 26.8. The maximum absolute atomic E-state index is 12.7. The number of rotatable bonds is 10. The second-order valence-electron chi connectivity index (χ2n) is 9.42. The van der Waals surface area contributed by atoms with Gasteiger partial charge in [-0.1, -0.05) is 52.7 Å². The average Bonchev–Trinajstić information content (AvgIpc) is 2.85. The number of carbonyl (C=O) groups is 2. The molecule has 2 atom stereocenters. The van der Waals surface area contributed by atoms with Crippen LogP contribution in [0.1, 0.15) is 97.1 Å². The number of amides is 2. The molecule has 0 aliphatic carbocycles. The number of benzene rings is 3. The second-order valence-corrected chi connectivity index (χ2v) is 9.42. The molecule has 0 heterocycles. The van der Waals surface area contributed by atoms with Crippen molar-refractivity contribution in [2.75, 3.05) is 10.6 Å². The smallest absolute Gasteiger partial charge is 0.259 e. The van der Waals surface area contributed by atoms with Gasteiger partial charge in [0.05, 0.1) is 11.1 Å². The van der Waals surface area contributed by atoms with Crippen LogP contribution >= 0.6 is 0 Å². The SMILES string of the molecule is CCCC(C)c1ccc(C(=O)Nc2ccc(NC(=O)c3ccc(C(C)CCC)cc3O)cc2)c(O)c1. The van der Waals surface area contributed by atoms with Crippen LogP contribution in [0.25, 0.3) is 0 Å². The standard InChI is InChI=1S/C30H36N2O4/c1-5-7-19(3)21-9-15-25(27(33)17-21)29(35)31-23-11-13-24(14-12-23)32-30(36)26-16-10-22(18-28(26)34)20(4)8-6-2/h9-20,33-34H,5-8H2,1-4H3,(H,31,35)(H,32,36). The summed E-state index contributed by atoms with van der Waals surface area (Å²) < 4.78 is 0. The van der Waals surface area contributed by atoms with Gasteiger partial charge in [-0.25, -0.2) is 0 Å². The van der Waals surface area contributed by atoms with Crippen molar-refractivity contribution in [2.45, 2.75) is 65.2 Å². The molecule has 0 fully saturated rings. The molecule has 0 saturated heterocycles. The zero-order valence-electron chi connectivity index (χ0n) is 21.5. The minimum atomic E-state index is -0.415. The van der Waals surface area contributed by atoms with Gasteiger partial charge in [-0.2, -0.15) is 0 Å². The highest BCUT2D eigenvalue weighted by Gasteiger charge is 2.16. The van der Waals surface area contributed by atoms with E-state index in [-0.39, 0.29) is 22.6 Å². The maximum Gasteiger partial charge on any atom is 0.259 e. The summed E-state index contributed by atoms with van der Waals surface area (Å²) in [5.41, 5.74) is 3.46. The van der Waals surface area contributed by atoms with Gasteiger partial charge < -0.3 is 20.8 Å². The van der Waals surface area contributed by atoms with E-state index in [0.29, 0.717) is 23.2 Å². The number of hydrogen-bond donors (Lipinski definition) is 4. The first-order valence-electron chi connectivity index (χ1n) is 12.6. The van der Waals surface area contributed by atoms with Gasteiger partial charge in [0.2, 0.25) is 0 Å². The average molecular weight is 489 g/mol. The summed E-state index contributed by atoms with van der Waals surface area (Å²) >= 11 is 0. The van der Waals surface area contributed by atoms with Gasteiger partial charge in [-0.05, 0) is 84.3 Å². The van der Waals surface area contributed by atoms with E-state index in [0.717, 1.165) is 36.8 Å². The van der Waals surface area contributed by atoms with E-state index in [1.807, 2.05) is 12.1 Å².